The van der Waals surface area contributed by atoms with Gasteiger partial charge in [-0.05, 0) is 31.5 Å². The highest BCUT2D eigenvalue weighted by Crippen LogP contribution is 2.27. The third-order valence-corrected chi connectivity index (χ3v) is 2.16. The Morgan fingerprint density at radius 3 is 2.69 bits per heavy atom. The molecule has 16 heavy (non-hydrogen) atoms. The first-order valence-electron chi connectivity index (χ1n) is 4.78. The zero-order valence-corrected chi connectivity index (χ0v) is 10.3. The molecule has 1 rings (SSSR count). The molecule has 0 saturated heterocycles. The molecule has 90 valence electrons. The Morgan fingerprint density at radius 1 is 1.56 bits per heavy atom. The molecule has 0 saturated carbocycles. The molecule has 4 heteroatoms. The lowest BCUT2D eigenvalue weighted by Gasteiger charge is -2.15. The fraction of sp³-hybridized carbons (Fsp3) is 0.333. The molecular weight excluding hydrogens is 229 g/mol. The maximum atomic E-state index is 13.0. The molecule has 0 aliphatic heterocycles. The molecule has 0 spiro atoms. The van der Waals surface area contributed by atoms with Crippen molar-refractivity contribution in [1.82, 2.24) is 0 Å². The molecule has 2 nitrogen and oxygen atoms in total. The number of halogens is 2. The minimum absolute atomic E-state index is 0. The van der Waals surface area contributed by atoms with Crippen molar-refractivity contribution in [3.63, 3.8) is 0 Å². The number of rotatable bonds is 4. The highest BCUT2D eigenvalue weighted by molar-refractivity contribution is 5.85. The van der Waals surface area contributed by atoms with E-state index in [1.807, 2.05) is 6.92 Å². The minimum Gasteiger partial charge on any atom is -0.496 e. The molecule has 0 heterocycles. The van der Waals surface area contributed by atoms with Crippen LogP contribution in [-0.2, 0) is 0 Å². The van der Waals surface area contributed by atoms with Gasteiger partial charge < -0.3 is 10.5 Å². The van der Waals surface area contributed by atoms with Crippen molar-refractivity contribution in [1.29, 1.82) is 0 Å². The van der Waals surface area contributed by atoms with Crippen LogP contribution >= 0.6 is 12.4 Å². The van der Waals surface area contributed by atoms with Crippen molar-refractivity contribution in [2.24, 2.45) is 5.73 Å². The maximum absolute atomic E-state index is 13.0. The summed E-state index contributed by atoms with van der Waals surface area (Å²) in [5, 5.41) is 0. The fourth-order valence-corrected chi connectivity index (χ4v) is 1.48. The molecule has 1 atom stereocenters. The molecule has 0 aliphatic carbocycles. The summed E-state index contributed by atoms with van der Waals surface area (Å²) in [6.45, 7) is 5.68. The molecule has 1 aromatic rings. The lowest BCUT2D eigenvalue weighted by Crippen LogP contribution is -2.12. The Kier molecular flexibility index (Phi) is 6.08. The summed E-state index contributed by atoms with van der Waals surface area (Å²) in [6.07, 6.45) is 0.625. The molecule has 0 unspecified atom stereocenters. The largest absolute Gasteiger partial charge is 0.496 e. The number of nitrogens with two attached hydrogens (primary N) is 1. The van der Waals surface area contributed by atoms with Gasteiger partial charge in [-0.1, -0.05) is 5.57 Å². The Labute approximate surface area is 102 Å². The van der Waals surface area contributed by atoms with Crippen LogP contribution in [-0.4, -0.2) is 7.11 Å². The second-order valence-corrected chi connectivity index (χ2v) is 3.65. The zero-order chi connectivity index (χ0) is 11.4. The average molecular weight is 246 g/mol. The smallest absolute Gasteiger partial charge is 0.123 e. The van der Waals surface area contributed by atoms with Crippen LogP contribution in [0.3, 0.4) is 0 Å². The van der Waals surface area contributed by atoms with Gasteiger partial charge in [0.05, 0.1) is 7.11 Å². The molecule has 2 N–H and O–H groups in total. The Morgan fingerprint density at radius 2 is 2.19 bits per heavy atom. The molecular formula is C12H17ClFNO. The van der Waals surface area contributed by atoms with E-state index >= 15 is 0 Å². The number of hydrogen-bond donors (Lipinski definition) is 1. The molecule has 0 amide bonds. The van der Waals surface area contributed by atoms with Gasteiger partial charge in [0.15, 0.2) is 0 Å². The van der Waals surface area contributed by atoms with E-state index in [0.29, 0.717) is 17.7 Å². The summed E-state index contributed by atoms with van der Waals surface area (Å²) < 4.78 is 18.2. The SMILES string of the molecule is C=C(C)C[C@H](N)c1cc(F)ccc1OC.Cl. The van der Waals surface area contributed by atoms with Gasteiger partial charge in [0.2, 0.25) is 0 Å². The van der Waals surface area contributed by atoms with Gasteiger partial charge in [-0.25, -0.2) is 4.39 Å². The minimum atomic E-state index is -0.303. The number of methoxy groups -OCH3 is 1. The average Bonchev–Trinajstić information content (AvgIpc) is 2.16. The van der Waals surface area contributed by atoms with Crippen LogP contribution in [0.5, 0.6) is 5.75 Å². The molecule has 0 aromatic heterocycles. The Bertz CT molecular complexity index is 368. The number of hydrogen-bond acceptors (Lipinski definition) is 2. The normalized spacial score (nSPS) is 11.5. The lowest BCUT2D eigenvalue weighted by atomic mass is 10.0. The summed E-state index contributed by atoms with van der Waals surface area (Å²) in [6, 6.07) is 4.08. The van der Waals surface area contributed by atoms with E-state index in [-0.39, 0.29) is 24.3 Å². The predicted molar refractivity (Wildman–Crippen MR) is 66.6 cm³/mol. The second-order valence-electron chi connectivity index (χ2n) is 3.65. The summed E-state index contributed by atoms with van der Waals surface area (Å²) >= 11 is 0. The summed E-state index contributed by atoms with van der Waals surface area (Å²) in [7, 11) is 1.55. The molecule has 0 radical (unpaired) electrons. The Balaban J connectivity index is 0.00000225. The lowest BCUT2D eigenvalue weighted by molar-refractivity contribution is 0.404. The third kappa shape index (κ3) is 3.83. The molecule has 0 fully saturated rings. The van der Waals surface area contributed by atoms with Crippen molar-refractivity contribution in [3.8, 4) is 5.75 Å². The predicted octanol–water partition coefficient (Wildman–Crippen LogP) is 3.22. The van der Waals surface area contributed by atoms with Crippen molar-refractivity contribution in [2.75, 3.05) is 7.11 Å². The molecule has 0 aliphatic rings. The van der Waals surface area contributed by atoms with E-state index in [1.165, 1.54) is 12.1 Å². The fourth-order valence-electron chi connectivity index (χ4n) is 1.48. The summed E-state index contributed by atoms with van der Waals surface area (Å²) in [5.41, 5.74) is 7.58. The maximum Gasteiger partial charge on any atom is 0.123 e. The van der Waals surface area contributed by atoms with E-state index in [1.54, 1.807) is 13.2 Å². The van der Waals surface area contributed by atoms with Crippen LogP contribution in [0.25, 0.3) is 0 Å². The first-order valence-corrected chi connectivity index (χ1v) is 4.78. The second kappa shape index (κ2) is 6.51. The monoisotopic (exact) mass is 245 g/mol. The van der Waals surface area contributed by atoms with E-state index in [0.717, 1.165) is 5.57 Å². The highest BCUT2D eigenvalue weighted by Gasteiger charge is 2.12. The van der Waals surface area contributed by atoms with Gasteiger partial charge >= 0.3 is 0 Å². The Hall–Kier alpha value is -1.06. The van der Waals surface area contributed by atoms with E-state index < -0.39 is 0 Å². The highest BCUT2D eigenvalue weighted by atomic mass is 35.5. The van der Waals surface area contributed by atoms with Crippen molar-refractivity contribution in [2.45, 2.75) is 19.4 Å². The number of ether oxygens (including phenoxy) is 1. The van der Waals surface area contributed by atoms with Crippen LogP contribution in [0.4, 0.5) is 4.39 Å². The van der Waals surface area contributed by atoms with Crippen molar-refractivity contribution >= 4 is 12.4 Å². The van der Waals surface area contributed by atoms with Crippen LogP contribution in [0, 0.1) is 5.82 Å². The van der Waals surface area contributed by atoms with Gasteiger partial charge in [-0.2, -0.15) is 0 Å². The summed E-state index contributed by atoms with van der Waals surface area (Å²) in [5.74, 6) is 0.313. The topological polar surface area (TPSA) is 35.2 Å². The van der Waals surface area contributed by atoms with Crippen molar-refractivity contribution in [3.05, 3.63) is 41.7 Å². The molecule has 0 bridgehead atoms. The van der Waals surface area contributed by atoms with E-state index in [4.69, 9.17) is 10.5 Å². The standard InChI is InChI=1S/C12H16FNO.ClH/c1-8(2)6-11(14)10-7-9(13)4-5-12(10)15-3;/h4-5,7,11H,1,6,14H2,2-3H3;1H/t11-;/m0./s1. The van der Waals surface area contributed by atoms with E-state index in [2.05, 4.69) is 6.58 Å². The van der Waals surface area contributed by atoms with Crippen LogP contribution in [0.15, 0.2) is 30.4 Å². The van der Waals surface area contributed by atoms with Gasteiger partial charge in [0, 0.05) is 11.6 Å². The first kappa shape index (κ1) is 14.9. The number of benzene rings is 1. The van der Waals surface area contributed by atoms with Gasteiger partial charge in [0.1, 0.15) is 11.6 Å². The summed E-state index contributed by atoms with van der Waals surface area (Å²) in [4.78, 5) is 0. The first-order chi connectivity index (χ1) is 7.04. The van der Waals surface area contributed by atoms with E-state index in [9.17, 15) is 4.39 Å². The molecule has 1 aromatic carbocycles. The quantitative estimate of drug-likeness (QED) is 0.827. The van der Waals surface area contributed by atoms with Crippen LogP contribution in [0.2, 0.25) is 0 Å². The van der Waals surface area contributed by atoms with Gasteiger partial charge in [-0.15, -0.1) is 19.0 Å². The van der Waals surface area contributed by atoms with Crippen molar-refractivity contribution < 1.29 is 9.13 Å². The van der Waals surface area contributed by atoms with Crippen LogP contribution < -0.4 is 10.5 Å². The van der Waals surface area contributed by atoms with Crippen LogP contribution in [0.1, 0.15) is 24.9 Å². The van der Waals surface area contributed by atoms with Gasteiger partial charge in [-0.3, -0.25) is 0 Å². The van der Waals surface area contributed by atoms with Gasteiger partial charge in [0.25, 0.3) is 0 Å². The third-order valence-electron chi connectivity index (χ3n) is 2.16. The zero-order valence-electron chi connectivity index (χ0n) is 9.50.